The van der Waals surface area contributed by atoms with Crippen LogP contribution in [0.5, 0.6) is 0 Å². The lowest BCUT2D eigenvalue weighted by atomic mass is 9.80. The summed E-state index contributed by atoms with van der Waals surface area (Å²) in [4.78, 5) is 0. The van der Waals surface area contributed by atoms with Crippen molar-refractivity contribution >= 4 is 5.69 Å². The fourth-order valence-electron chi connectivity index (χ4n) is 2.65. The van der Waals surface area contributed by atoms with Gasteiger partial charge in [-0.25, -0.2) is 0 Å². The molecule has 90 valence electrons. The van der Waals surface area contributed by atoms with Crippen LogP contribution in [-0.2, 0) is 0 Å². The van der Waals surface area contributed by atoms with Gasteiger partial charge in [0.1, 0.15) is 0 Å². The van der Waals surface area contributed by atoms with E-state index in [1.807, 2.05) is 12.1 Å². The van der Waals surface area contributed by atoms with Crippen molar-refractivity contribution in [3.8, 4) is 12.3 Å². The van der Waals surface area contributed by atoms with Crippen LogP contribution in [0.15, 0.2) is 24.3 Å². The Balaban J connectivity index is 2.06. The van der Waals surface area contributed by atoms with Crippen LogP contribution in [0.3, 0.4) is 0 Å². The summed E-state index contributed by atoms with van der Waals surface area (Å²) >= 11 is 0. The summed E-state index contributed by atoms with van der Waals surface area (Å²) in [5.41, 5.74) is 2.11. The van der Waals surface area contributed by atoms with Gasteiger partial charge >= 0.3 is 0 Å². The van der Waals surface area contributed by atoms with Crippen molar-refractivity contribution < 1.29 is 0 Å². The summed E-state index contributed by atoms with van der Waals surface area (Å²) in [5, 5.41) is 3.64. The van der Waals surface area contributed by atoms with Crippen molar-refractivity contribution in [1.82, 2.24) is 0 Å². The summed E-state index contributed by atoms with van der Waals surface area (Å²) in [6.45, 7) is 4.69. The van der Waals surface area contributed by atoms with Gasteiger partial charge in [0, 0.05) is 17.3 Å². The van der Waals surface area contributed by atoms with Crippen molar-refractivity contribution in [1.29, 1.82) is 0 Å². The van der Waals surface area contributed by atoms with Crippen LogP contribution in [-0.4, -0.2) is 6.04 Å². The van der Waals surface area contributed by atoms with Crippen molar-refractivity contribution in [2.75, 3.05) is 5.32 Å². The van der Waals surface area contributed by atoms with Crippen molar-refractivity contribution in [3.63, 3.8) is 0 Å². The quantitative estimate of drug-likeness (QED) is 0.755. The van der Waals surface area contributed by atoms with Gasteiger partial charge in [0.05, 0.1) is 0 Å². The van der Waals surface area contributed by atoms with E-state index in [2.05, 4.69) is 37.2 Å². The van der Waals surface area contributed by atoms with E-state index >= 15 is 0 Å². The molecule has 1 aliphatic carbocycles. The van der Waals surface area contributed by atoms with Gasteiger partial charge < -0.3 is 5.32 Å². The van der Waals surface area contributed by atoms with E-state index in [1.165, 1.54) is 19.3 Å². The molecule has 1 aliphatic rings. The Morgan fingerprint density at radius 3 is 2.88 bits per heavy atom. The number of hydrogen-bond donors (Lipinski definition) is 1. The Labute approximate surface area is 105 Å². The number of terminal acetylenes is 1. The van der Waals surface area contributed by atoms with Gasteiger partial charge in [-0.2, -0.15) is 0 Å². The molecule has 0 bridgehead atoms. The third kappa shape index (κ3) is 3.03. The second kappa shape index (κ2) is 5.27. The highest BCUT2D eigenvalue weighted by Gasteiger charge is 2.25. The molecule has 0 heterocycles. The normalized spacial score (nSPS) is 28.4. The molecule has 1 fully saturated rings. The van der Waals surface area contributed by atoms with Crippen molar-refractivity contribution in [3.05, 3.63) is 29.8 Å². The summed E-state index contributed by atoms with van der Waals surface area (Å²) in [5.74, 6) is 4.27. The summed E-state index contributed by atoms with van der Waals surface area (Å²) in [6.07, 6.45) is 9.38. The zero-order valence-corrected chi connectivity index (χ0v) is 10.7. The maximum atomic E-state index is 5.42. The van der Waals surface area contributed by atoms with Gasteiger partial charge in [-0.1, -0.05) is 32.3 Å². The molecule has 0 saturated heterocycles. The SMILES string of the molecule is C#Cc1cccc(NC2CC(C)CCC2C)c1. The highest BCUT2D eigenvalue weighted by Crippen LogP contribution is 2.30. The molecular weight excluding hydrogens is 206 g/mol. The first-order valence-electron chi connectivity index (χ1n) is 6.52. The average Bonchev–Trinajstić information content (AvgIpc) is 2.34. The molecule has 1 aromatic rings. The van der Waals surface area contributed by atoms with Crippen LogP contribution in [0.2, 0.25) is 0 Å². The number of benzene rings is 1. The molecule has 0 radical (unpaired) electrons. The molecule has 17 heavy (non-hydrogen) atoms. The fourth-order valence-corrected chi connectivity index (χ4v) is 2.65. The van der Waals surface area contributed by atoms with Crippen LogP contribution in [0.25, 0.3) is 0 Å². The predicted molar refractivity (Wildman–Crippen MR) is 74.0 cm³/mol. The van der Waals surface area contributed by atoms with E-state index in [0.717, 1.165) is 23.1 Å². The van der Waals surface area contributed by atoms with Crippen LogP contribution >= 0.6 is 0 Å². The first-order chi connectivity index (χ1) is 8.19. The molecule has 1 aromatic carbocycles. The Bertz CT molecular complexity index is 416. The molecule has 2 rings (SSSR count). The summed E-state index contributed by atoms with van der Waals surface area (Å²) < 4.78 is 0. The minimum atomic E-state index is 0.590. The predicted octanol–water partition coefficient (Wildman–Crippen LogP) is 3.90. The molecule has 1 saturated carbocycles. The highest BCUT2D eigenvalue weighted by molar-refractivity contribution is 5.50. The van der Waals surface area contributed by atoms with E-state index in [4.69, 9.17) is 6.42 Å². The van der Waals surface area contributed by atoms with Gasteiger partial charge in [0.2, 0.25) is 0 Å². The van der Waals surface area contributed by atoms with E-state index in [9.17, 15) is 0 Å². The smallest absolute Gasteiger partial charge is 0.0354 e. The highest BCUT2D eigenvalue weighted by atomic mass is 14.9. The van der Waals surface area contributed by atoms with Crippen molar-refractivity contribution in [2.24, 2.45) is 11.8 Å². The Kier molecular flexibility index (Phi) is 3.74. The van der Waals surface area contributed by atoms with Gasteiger partial charge in [-0.15, -0.1) is 6.42 Å². The number of nitrogens with one attached hydrogen (secondary N) is 1. The topological polar surface area (TPSA) is 12.0 Å². The lowest BCUT2D eigenvalue weighted by molar-refractivity contribution is 0.281. The molecule has 0 spiro atoms. The molecular formula is C16H21N. The van der Waals surface area contributed by atoms with Crippen LogP contribution in [0, 0.1) is 24.2 Å². The van der Waals surface area contributed by atoms with Gasteiger partial charge in [0.25, 0.3) is 0 Å². The number of hydrogen-bond acceptors (Lipinski definition) is 1. The van der Waals surface area contributed by atoms with Gasteiger partial charge in [0.15, 0.2) is 0 Å². The largest absolute Gasteiger partial charge is 0.382 e. The van der Waals surface area contributed by atoms with E-state index in [1.54, 1.807) is 0 Å². The van der Waals surface area contributed by atoms with Gasteiger partial charge in [-0.3, -0.25) is 0 Å². The summed E-state index contributed by atoms with van der Waals surface area (Å²) in [6, 6.07) is 8.75. The van der Waals surface area contributed by atoms with Crippen LogP contribution in [0.4, 0.5) is 5.69 Å². The van der Waals surface area contributed by atoms with Crippen LogP contribution in [0.1, 0.15) is 38.7 Å². The zero-order valence-electron chi connectivity index (χ0n) is 10.7. The number of anilines is 1. The lowest BCUT2D eigenvalue weighted by Crippen LogP contribution is -2.33. The molecule has 0 aromatic heterocycles. The van der Waals surface area contributed by atoms with Crippen molar-refractivity contribution in [2.45, 2.75) is 39.2 Å². The standard InChI is InChI=1S/C16H21N/c1-4-14-6-5-7-15(11-14)17-16-10-12(2)8-9-13(16)3/h1,5-7,11-13,16-17H,8-10H2,2-3H3. The minimum absolute atomic E-state index is 0.590. The Morgan fingerprint density at radius 1 is 1.29 bits per heavy atom. The molecule has 0 amide bonds. The molecule has 1 N–H and O–H groups in total. The molecule has 3 atom stereocenters. The second-order valence-electron chi connectivity index (χ2n) is 5.37. The molecule has 1 nitrogen and oxygen atoms in total. The molecule has 1 heteroatoms. The monoisotopic (exact) mass is 227 g/mol. The Morgan fingerprint density at radius 2 is 2.12 bits per heavy atom. The average molecular weight is 227 g/mol. The van der Waals surface area contributed by atoms with Gasteiger partial charge in [-0.05, 0) is 42.9 Å². The van der Waals surface area contributed by atoms with E-state index < -0.39 is 0 Å². The third-order valence-electron chi connectivity index (χ3n) is 3.84. The first-order valence-corrected chi connectivity index (χ1v) is 6.52. The first kappa shape index (κ1) is 12.0. The maximum absolute atomic E-state index is 5.42. The zero-order chi connectivity index (χ0) is 12.3. The molecule has 0 aliphatic heterocycles. The van der Waals surface area contributed by atoms with E-state index in [-0.39, 0.29) is 0 Å². The fraction of sp³-hybridized carbons (Fsp3) is 0.500. The maximum Gasteiger partial charge on any atom is 0.0354 e. The summed E-state index contributed by atoms with van der Waals surface area (Å²) in [7, 11) is 0. The van der Waals surface area contributed by atoms with E-state index in [0.29, 0.717) is 6.04 Å². The third-order valence-corrected chi connectivity index (χ3v) is 3.84. The Hall–Kier alpha value is -1.42. The second-order valence-corrected chi connectivity index (χ2v) is 5.37. The minimum Gasteiger partial charge on any atom is -0.382 e. The number of rotatable bonds is 2. The molecule has 3 unspecified atom stereocenters. The lowest BCUT2D eigenvalue weighted by Gasteiger charge is -2.34. The van der Waals surface area contributed by atoms with Crippen LogP contribution < -0.4 is 5.32 Å².